The van der Waals surface area contributed by atoms with Gasteiger partial charge in [0.05, 0.1) is 18.6 Å². The lowest BCUT2D eigenvalue weighted by Crippen LogP contribution is -2.04. The van der Waals surface area contributed by atoms with Crippen LogP contribution in [0.5, 0.6) is 5.75 Å². The second kappa shape index (κ2) is 4.47. The Morgan fingerprint density at radius 1 is 1.36 bits per heavy atom. The highest BCUT2D eigenvalue weighted by atomic mass is 35.5. The van der Waals surface area contributed by atoms with Crippen molar-refractivity contribution >= 4 is 17.4 Å². The second-order valence-electron chi connectivity index (χ2n) is 3.19. The molecule has 76 valence electrons. The standard InChI is InChI=1S/C11H13ClO2/c1-7-4-9(10(13)6-12)11(14-3)5-8(7)2/h4-5H,6H2,1-3H3. The van der Waals surface area contributed by atoms with Crippen LogP contribution in [0.1, 0.15) is 21.5 Å². The molecule has 0 bridgehead atoms. The van der Waals surface area contributed by atoms with Gasteiger partial charge in [0, 0.05) is 0 Å². The molecular weight excluding hydrogens is 200 g/mol. The summed E-state index contributed by atoms with van der Waals surface area (Å²) in [4.78, 5) is 11.4. The molecule has 0 amide bonds. The molecule has 1 aromatic rings. The van der Waals surface area contributed by atoms with Gasteiger partial charge in [0.25, 0.3) is 0 Å². The van der Waals surface area contributed by atoms with E-state index in [9.17, 15) is 4.79 Å². The van der Waals surface area contributed by atoms with Crippen LogP contribution in [0.4, 0.5) is 0 Å². The van der Waals surface area contributed by atoms with Crippen molar-refractivity contribution in [2.45, 2.75) is 13.8 Å². The molecule has 0 radical (unpaired) electrons. The lowest BCUT2D eigenvalue weighted by atomic mass is 10.0. The van der Waals surface area contributed by atoms with Gasteiger partial charge in [0.15, 0.2) is 5.78 Å². The smallest absolute Gasteiger partial charge is 0.181 e. The number of halogens is 1. The zero-order valence-corrected chi connectivity index (χ0v) is 9.31. The van der Waals surface area contributed by atoms with Gasteiger partial charge in [-0.2, -0.15) is 0 Å². The predicted molar refractivity (Wildman–Crippen MR) is 57.5 cm³/mol. The summed E-state index contributed by atoms with van der Waals surface area (Å²) in [5, 5.41) is 0. The first kappa shape index (κ1) is 11.1. The average molecular weight is 213 g/mol. The number of carbonyl (C=O) groups excluding carboxylic acids is 1. The molecule has 1 aromatic carbocycles. The largest absolute Gasteiger partial charge is 0.496 e. The maximum absolute atomic E-state index is 11.4. The number of hydrogen-bond acceptors (Lipinski definition) is 2. The molecular formula is C11H13ClO2. The monoisotopic (exact) mass is 212 g/mol. The van der Waals surface area contributed by atoms with Crippen LogP contribution in [-0.2, 0) is 0 Å². The summed E-state index contributed by atoms with van der Waals surface area (Å²) in [6.45, 7) is 3.94. The summed E-state index contributed by atoms with van der Waals surface area (Å²) in [6.07, 6.45) is 0. The third kappa shape index (κ3) is 2.07. The average Bonchev–Trinajstić information content (AvgIpc) is 2.20. The summed E-state index contributed by atoms with van der Waals surface area (Å²) < 4.78 is 5.12. The van der Waals surface area contributed by atoms with Crippen LogP contribution in [0.2, 0.25) is 0 Å². The summed E-state index contributed by atoms with van der Waals surface area (Å²) in [7, 11) is 1.55. The Kier molecular flexibility index (Phi) is 3.53. The third-order valence-corrected chi connectivity index (χ3v) is 2.48. The molecule has 0 saturated carbocycles. The summed E-state index contributed by atoms with van der Waals surface area (Å²) in [5.74, 6) is 0.476. The minimum Gasteiger partial charge on any atom is -0.496 e. The molecule has 0 aliphatic heterocycles. The van der Waals surface area contributed by atoms with Crippen LogP contribution in [-0.4, -0.2) is 18.8 Å². The van der Waals surface area contributed by atoms with Crippen molar-refractivity contribution in [3.63, 3.8) is 0 Å². The van der Waals surface area contributed by atoms with Crippen molar-refractivity contribution in [1.29, 1.82) is 0 Å². The van der Waals surface area contributed by atoms with Crippen LogP contribution < -0.4 is 4.74 Å². The van der Waals surface area contributed by atoms with Gasteiger partial charge in [-0.15, -0.1) is 11.6 Å². The van der Waals surface area contributed by atoms with E-state index in [2.05, 4.69) is 0 Å². The first-order valence-corrected chi connectivity index (χ1v) is 4.88. The van der Waals surface area contributed by atoms with Gasteiger partial charge >= 0.3 is 0 Å². The van der Waals surface area contributed by atoms with E-state index < -0.39 is 0 Å². The zero-order valence-electron chi connectivity index (χ0n) is 8.56. The van der Waals surface area contributed by atoms with Crippen LogP contribution in [0, 0.1) is 13.8 Å². The maximum atomic E-state index is 11.4. The zero-order chi connectivity index (χ0) is 10.7. The minimum atomic E-state index is -0.105. The Hall–Kier alpha value is -1.02. The van der Waals surface area contributed by atoms with E-state index in [1.807, 2.05) is 26.0 Å². The van der Waals surface area contributed by atoms with Crippen molar-refractivity contribution in [3.05, 3.63) is 28.8 Å². The van der Waals surface area contributed by atoms with Crippen molar-refractivity contribution in [3.8, 4) is 5.75 Å². The molecule has 0 atom stereocenters. The fourth-order valence-corrected chi connectivity index (χ4v) is 1.39. The van der Waals surface area contributed by atoms with E-state index >= 15 is 0 Å². The van der Waals surface area contributed by atoms with Crippen LogP contribution >= 0.6 is 11.6 Å². The van der Waals surface area contributed by atoms with Gasteiger partial charge in [-0.05, 0) is 37.1 Å². The summed E-state index contributed by atoms with van der Waals surface area (Å²) in [5.41, 5.74) is 2.73. The number of hydrogen-bond donors (Lipinski definition) is 0. The number of ketones is 1. The minimum absolute atomic E-state index is 0.0150. The fraction of sp³-hybridized carbons (Fsp3) is 0.364. The van der Waals surface area contributed by atoms with Crippen LogP contribution in [0.15, 0.2) is 12.1 Å². The van der Waals surface area contributed by atoms with Crippen molar-refractivity contribution in [1.82, 2.24) is 0 Å². The first-order valence-electron chi connectivity index (χ1n) is 4.34. The highest BCUT2D eigenvalue weighted by molar-refractivity contribution is 6.30. The fourth-order valence-electron chi connectivity index (χ4n) is 1.25. The normalized spacial score (nSPS) is 10.0. The van der Waals surface area contributed by atoms with Crippen molar-refractivity contribution in [2.24, 2.45) is 0 Å². The van der Waals surface area contributed by atoms with Gasteiger partial charge in [-0.1, -0.05) is 0 Å². The Labute approximate surface area is 88.8 Å². The molecule has 14 heavy (non-hydrogen) atoms. The highest BCUT2D eigenvalue weighted by Crippen LogP contribution is 2.23. The van der Waals surface area contributed by atoms with Crippen molar-refractivity contribution < 1.29 is 9.53 Å². The second-order valence-corrected chi connectivity index (χ2v) is 3.46. The van der Waals surface area contributed by atoms with E-state index in [0.29, 0.717) is 11.3 Å². The van der Waals surface area contributed by atoms with Gasteiger partial charge in [0.1, 0.15) is 5.75 Å². The molecule has 0 unspecified atom stereocenters. The van der Waals surface area contributed by atoms with E-state index in [1.54, 1.807) is 7.11 Å². The van der Waals surface area contributed by atoms with E-state index in [4.69, 9.17) is 16.3 Å². The number of carbonyl (C=O) groups is 1. The molecule has 0 aromatic heterocycles. The molecule has 0 aliphatic carbocycles. The highest BCUT2D eigenvalue weighted by Gasteiger charge is 2.12. The Bertz CT molecular complexity index is 359. The number of Topliss-reactive ketones (excluding diaryl/α,β-unsaturated/α-hetero) is 1. The molecule has 1 rings (SSSR count). The van der Waals surface area contributed by atoms with E-state index in [1.165, 1.54) is 0 Å². The van der Waals surface area contributed by atoms with Gasteiger partial charge < -0.3 is 4.74 Å². The molecule has 0 saturated heterocycles. The molecule has 3 heteroatoms. The third-order valence-electron chi connectivity index (χ3n) is 2.24. The van der Waals surface area contributed by atoms with E-state index in [0.717, 1.165) is 11.1 Å². The topological polar surface area (TPSA) is 26.3 Å². The quantitative estimate of drug-likeness (QED) is 0.569. The molecule has 0 fully saturated rings. The van der Waals surface area contributed by atoms with Crippen molar-refractivity contribution in [2.75, 3.05) is 13.0 Å². The van der Waals surface area contributed by atoms with Gasteiger partial charge in [0.2, 0.25) is 0 Å². The first-order chi connectivity index (χ1) is 6.60. The number of rotatable bonds is 3. The van der Waals surface area contributed by atoms with Crippen LogP contribution in [0.25, 0.3) is 0 Å². The Morgan fingerprint density at radius 3 is 2.43 bits per heavy atom. The number of aryl methyl sites for hydroxylation is 2. The number of ether oxygens (including phenoxy) is 1. The molecule has 2 nitrogen and oxygen atoms in total. The summed E-state index contributed by atoms with van der Waals surface area (Å²) >= 11 is 5.50. The molecule has 0 heterocycles. The van der Waals surface area contributed by atoms with Gasteiger partial charge in [-0.3, -0.25) is 4.79 Å². The lowest BCUT2D eigenvalue weighted by Gasteiger charge is -2.09. The number of methoxy groups -OCH3 is 1. The van der Waals surface area contributed by atoms with Gasteiger partial charge in [-0.25, -0.2) is 0 Å². The number of benzene rings is 1. The van der Waals surface area contributed by atoms with Crippen LogP contribution in [0.3, 0.4) is 0 Å². The Balaban J connectivity index is 3.27. The summed E-state index contributed by atoms with van der Waals surface area (Å²) in [6, 6.07) is 3.67. The molecule has 0 aliphatic rings. The Morgan fingerprint density at radius 2 is 1.93 bits per heavy atom. The SMILES string of the molecule is COc1cc(C)c(C)cc1C(=O)CCl. The predicted octanol–water partition coefficient (Wildman–Crippen LogP) is 2.73. The molecule has 0 spiro atoms. The number of alkyl halides is 1. The lowest BCUT2D eigenvalue weighted by molar-refractivity contribution is 0.101. The maximum Gasteiger partial charge on any atom is 0.181 e. The molecule has 0 N–H and O–H groups in total. The van der Waals surface area contributed by atoms with E-state index in [-0.39, 0.29) is 11.7 Å².